The number of piperidine rings is 1. The molecule has 0 aromatic heterocycles. The van der Waals surface area contributed by atoms with E-state index in [1.807, 2.05) is 18.2 Å². The molecule has 1 aliphatic heterocycles. The van der Waals surface area contributed by atoms with E-state index in [0.717, 1.165) is 25.0 Å². The molecular weight excluding hydrogens is 427 g/mol. The predicted octanol–water partition coefficient (Wildman–Crippen LogP) is 3.73. The number of halogens is 2. The van der Waals surface area contributed by atoms with Crippen LogP contribution in [0.15, 0.2) is 53.4 Å². The maximum Gasteiger partial charge on any atom is 0.243 e. The van der Waals surface area contributed by atoms with Crippen LogP contribution in [0.3, 0.4) is 0 Å². The van der Waals surface area contributed by atoms with Crippen molar-refractivity contribution in [1.82, 2.24) is 9.62 Å². The van der Waals surface area contributed by atoms with Crippen molar-refractivity contribution in [2.24, 2.45) is 5.92 Å². The van der Waals surface area contributed by atoms with Crippen LogP contribution in [0.25, 0.3) is 0 Å². The maximum atomic E-state index is 13.4. The molecule has 2 fully saturated rings. The van der Waals surface area contributed by atoms with Crippen molar-refractivity contribution in [3.8, 4) is 0 Å². The highest BCUT2D eigenvalue weighted by Gasteiger charge is 2.44. The van der Waals surface area contributed by atoms with Crippen LogP contribution in [-0.2, 0) is 20.2 Å². The van der Waals surface area contributed by atoms with Crippen LogP contribution in [0.5, 0.6) is 0 Å². The van der Waals surface area contributed by atoms with Gasteiger partial charge in [-0.15, -0.1) is 0 Å². The number of hydrogen-bond acceptors (Lipinski definition) is 3. The highest BCUT2D eigenvalue weighted by molar-refractivity contribution is 7.89. The smallest absolute Gasteiger partial charge is 0.243 e. The molecular formula is C22H24ClFN2O3S. The van der Waals surface area contributed by atoms with Crippen molar-refractivity contribution in [1.29, 1.82) is 0 Å². The Morgan fingerprint density at radius 1 is 1.13 bits per heavy atom. The van der Waals surface area contributed by atoms with Gasteiger partial charge in [0.15, 0.2) is 0 Å². The molecule has 1 saturated carbocycles. The molecule has 8 heteroatoms. The number of hydrogen-bond donors (Lipinski definition) is 1. The van der Waals surface area contributed by atoms with Crippen LogP contribution in [0.4, 0.5) is 4.39 Å². The minimum Gasteiger partial charge on any atom is -0.355 e. The van der Waals surface area contributed by atoms with Crippen molar-refractivity contribution in [3.05, 3.63) is 64.9 Å². The summed E-state index contributed by atoms with van der Waals surface area (Å²) in [7, 11) is -3.76. The van der Waals surface area contributed by atoms with Gasteiger partial charge in [-0.3, -0.25) is 4.79 Å². The van der Waals surface area contributed by atoms with Crippen molar-refractivity contribution in [2.75, 3.05) is 19.6 Å². The normalized spacial score (nSPS) is 19.4. The van der Waals surface area contributed by atoms with E-state index in [-0.39, 0.29) is 40.2 Å². The van der Waals surface area contributed by atoms with Gasteiger partial charge < -0.3 is 5.32 Å². The summed E-state index contributed by atoms with van der Waals surface area (Å²) in [5, 5.41) is 2.86. The van der Waals surface area contributed by atoms with Crippen LogP contribution < -0.4 is 5.32 Å². The lowest BCUT2D eigenvalue weighted by atomic mass is 9.94. The van der Waals surface area contributed by atoms with E-state index in [4.69, 9.17) is 11.6 Å². The molecule has 30 heavy (non-hydrogen) atoms. The highest BCUT2D eigenvalue weighted by Crippen LogP contribution is 2.47. The highest BCUT2D eigenvalue weighted by atomic mass is 35.5. The molecule has 0 spiro atoms. The SMILES string of the molecule is O=C(NCC1(c2ccccc2)CC1)C1CCN(S(=O)(=O)c2ccc(F)c(Cl)c2)CC1. The second-order valence-corrected chi connectivity index (χ2v) is 10.5. The zero-order valence-corrected chi connectivity index (χ0v) is 18.1. The average molecular weight is 451 g/mol. The van der Waals surface area contributed by atoms with Gasteiger partial charge in [-0.05, 0) is 49.4 Å². The van der Waals surface area contributed by atoms with E-state index in [0.29, 0.717) is 19.4 Å². The van der Waals surface area contributed by atoms with Crippen LogP contribution in [-0.4, -0.2) is 38.3 Å². The molecule has 5 nitrogen and oxygen atoms in total. The lowest BCUT2D eigenvalue weighted by Crippen LogP contribution is -2.44. The van der Waals surface area contributed by atoms with Gasteiger partial charge in [0.25, 0.3) is 0 Å². The van der Waals surface area contributed by atoms with E-state index in [9.17, 15) is 17.6 Å². The van der Waals surface area contributed by atoms with E-state index >= 15 is 0 Å². The van der Waals surface area contributed by atoms with E-state index in [1.54, 1.807) is 0 Å². The van der Waals surface area contributed by atoms with Crippen LogP contribution in [0.1, 0.15) is 31.2 Å². The quantitative estimate of drug-likeness (QED) is 0.729. The molecule has 0 bridgehead atoms. The first kappa shape index (κ1) is 21.3. The fraction of sp³-hybridized carbons (Fsp3) is 0.409. The Balaban J connectivity index is 1.33. The predicted molar refractivity (Wildman–Crippen MR) is 113 cm³/mol. The first-order chi connectivity index (χ1) is 14.3. The Morgan fingerprint density at radius 2 is 1.80 bits per heavy atom. The second-order valence-electron chi connectivity index (χ2n) is 8.12. The minimum absolute atomic E-state index is 0.0147. The third-order valence-corrected chi connectivity index (χ3v) is 8.38. The summed E-state index contributed by atoms with van der Waals surface area (Å²) in [4.78, 5) is 12.6. The lowest BCUT2D eigenvalue weighted by molar-refractivity contribution is -0.126. The number of nitrogens with one attached hydrogen (secondary N) is 1. The van der Waals surface area contributed by atoms with Crippen molar-refractivity contribution >= 4 is 27.5 Å². The number of nitrogens with zero attached hydrogens (tertiary/aromatic N) is 1. The fourth-order valence-electron chi connectivity index (χ4n) is 4.06. The summed E-state index contributed by atoms with van der Waals surface area (Å²) < 4.78 is 40.3. The Labute approximate surface area is 181 Å². The number of amides is 1. The maximum absolute atomic E-state index is 13.4. The third-order valence-electron chi connectivity index (χ3n) is 6.19. The summed E-state index contributed by atoms with van der Waals surface area (Å²) in [5.41, 5.74) is 1.30. The topological polar surface area (TPSA) is 66.5 Å². The van der Waals surface area contributed by atoms with E-state index in [1.165, 1.54) is 15.9 Å². The molecule has 4 rings (SSSR count). The van der Waals surface area contributed by atoms with Gasteiger partial charge in [0, 0.05) is 31.0 Å². The van der Waals surface area contributed by atoms with Crippen molar-refractivity contribution in [3.63, 3.8) is 0 Å². The van der Waals surface area contributed by atoms with Gasteiger partial charge in [0.1, 0.15) is 5.82 Å². The molecule has 2 aromatic carbocycles. The summed E-state index contributed by atoms with van der Waals surface area (Å²) in [6, 6.07) is 13.6. The van der Waals surface area contributed by atoms with Gasteiger partial charge in [-0.1, -0.05) is 41.9 Å². The summed E-state index contributed by atoms with van der Waals surface area (Å²) in [5.74, 6) is -0.881. The van der Waals surface area contributed by atoms with E-state index < -0.39 is 15.8 Å². The molecule has 0 unspecified atom stereocenters. The Hall–Kier alpha value is -1.96. The largest absolute Gasteiger partial charge is 0.355 e. The number of carbonyl (C=O) groups is 1. The first-order valence-corrected chi connectivity index (χ1v) is 11.9. The molecule has 2 aliphatic rings. The molecule has 1 saturated heterocycles. The lowest BCUT2D eigenvalue weighted by Gasteiger charge is -2.31. The number of benzene rings is 2. The monoisotopic (exact) mass is 450 g/mol. The van der Waals surface area contributed by atoms with Gasteiger partial charge in [0.05, 0.1) is 9.92 Å². The van der Waals surface area contributed by atoms with Crippen molar-refractivity contribution in [2.45, 2.75) is 36.0 Å². The number of sulfonamides is 1. The minimum atomic E-state index is -3.76. The van der Waals surface area contributed by atoms with Gasteiger partial charge >= 0.3 is 0 Å². The second kappa shape index (κ2) is 8.29. The van der Waals surface area contributed by atoms with E-state index in [2.05, 4.69) is 17.4 Å². The van der Waals surface area contributed by atoms with Gasteiger partial charge in [-0.2, -0.15) is 4.31 Å². The molecule has 0 radical (unpaired) electrons. The first-order valence-electron chi connectivity index (χ1n) is 10.1. The Kier molecular flexibility index (Phi) is 5.88. The third kappa shape index (κ3) is 4.24. The molecule has 1 aliphatic carbocycles. The molecule has 0 atom stereocenters. The Morgan fingerprint density at radius 3 is 2.40 bits per heavy atom. The Bertz CT molecular complexity index is 1030. The van der Waals surface area contributed by atoms with Crippen LogP contribution in [0.2, 0.25) is 5.02 Å². The molecule has 2 aromatic rings. The summed E-state index contributed by atoms with van der Waals surface area (Å²) in [6.45, 7) is 1.11. The zero-order valence-electron chi connectivity index (χ0n) is 16.5. The number of rotatable bonds is 6. The van der Waals surface area contributed by atoms with Gasteiger partial charge in [0.2, 0.25) is 15.9 Å². The summed E-state index contributed by atoms with van der Waals surface area (Å²) in [6.07, 6.45) is 3.04. The van der Waals surface area contributed by atoms with Crippen LogP contribution >= 0.6 is 11.6 Å². The fourth-order valence-corrected chi connectivity index (χ4v) is 5.80. The number of carbonyl (C=O) groups excluding carboxylic acids is 1. The summed E-state index contributed by atoms with van der Waals surface area (Å²) >= 11 is 5.73. The standard InChI is InChI=1S/C22H24ClFN2O3S/c23-19-14-18(6-7-20(19)24)30(28,29)26-12-8-16(9-13-26)21(27)25-15-22(10-11-22)17-4-2-1-3-5-17/h1-7,14,16H,8-13,15H2,(H,25,27). The van der Waals surface area contributed by atoms with Gasteiger partial charge in [-0.25, -0.2) is 12.8 Å². The molecule has 160 valence electrons. The molecule has 1 heterocycles. The molecule has 1 N–H and O–H groups in total. The average Bonchev–Trinajstić information content (AvgIpc) is 3.56. The van der Waals surface area contributed by atoms with Crippen molar-refractivity contribution < 1.29 is 17.6 Å². The molecule has 1 amide bonds. The zero-order chi connectivity index (χ0) is 21.4. The van der Waals surface area contributed by atoms with Crippen LogP contribution in [0, 0.1) is 11.7 Å².